The van der Waals surface area contributed by atoms with Gasteiger partial charge in [-0.15, -0.1) is 0 Å². The van der Waals surface area contributed by atoms with Gasteiger partial charge in [0.25, 0.3) is 0 Å². The molecule has 0 spiro atoms. The first-order valence-corrected chi connectivity index (χ1v) is 11.6. The van der Waals surface area contributed by atoms with Crippen LogP contribution < -0.4 is 19.0 Å². The van der Waals surface area contributed by atoms with Crippen LogP contribution in [0.25, 0.3) is 0 Å². The van der Waals surface area contributed by atoms with E-state index in [9.17, 15) is 13.2 Å². The largest absolute Gasteiger partial charge is 0.497 e. The smallest absolute Gasteiger partial charge is 0.322 e. The molecule has 170 valence electrons. The molecule has 0 heterocycles. The van der Waals surface area contributed by atoms with Crippen molar-refractivity contribution in [1.82, 2.24) is 4.90 Å². The normalized spacial score (nSPS) is 12.0. The second-order valence-electron chi connectivity index (χ2n) is 6.99. The van der Waals surface area contributed by atoms with Crippen molar-refractivity contribution in [3.63, 3.8) is 0 Å². The summed E-state index contributed by atoms with van der Waals surface area (Å²) in [5.74, 6) is 1.28. The van der Waals surface area contributed by atoms with Crippen molar-refractivity contribution < 1.29 is 26.9 Å². The van der Waals surface area contributed by atoms with Crippen LogP contribution in [0.3, 0.4) is 0 Å². The van der Waals surface area contributed by atoms with Crippen LogP contribution in [-0.4, -0.2) is 45.4 Å². The number of anilines is 1. The molecule has 0 aliphatic carbocycles. The third-order valence-corrected chi connectivity index (χ3v) is 5.99. The number of hydrogen-bond donors (Lipinski definition) is 1. The van der Waals surface area contributed by atoms with Crippen molar-refractivity contribution in [1.29, 1.82) is 0 Å². The molecule has 31 heavy (non-hydrogen) atoms. The summed E-state index contributed by atoms with van der Waals surface area (Å²) in [6.45, 7) is 5.84. The van der Waals surface area contributed by atoms with Crippen LogP contribution in [0.15, 0.2) is 42.5 Å². The highest BCUT2D eigenvalue weighted by Crippen LogP contribution is 2.26. The Bertz CT molecular complexity index is 954. The molecule has 1 N–H and O–H groups in total. The molecule has 8 nitrogen and oxygen atoms in total. The zero-order valence-electron chi connectivity index (χ0n) is 18.5. The molecule has 1 atom stereocenters. The SMILES string of the molecule is CCC(C)N(Cc1ccc(OS(=O)(=O)CC)cc1)C(=O)Nc1cc(OC)cc(OC)c1. The number of hydrogen-bond acceptors (Lipinski definition) is 6. The third-order valence-electron chi connectivity index (χ3n) is 4.84. The molecule has 2 aromatic rings. The maximum atomic E-state index is 13.0. The van der Waals surface area contributed by atoms with E-state index in [1.165, 1.54) is 6.92 Å². The van der Waals surface area contributed by atoms with E-state index in [0.29, 0.717) is 23.7 Å². The second kappa shape index (κ2) is 10.9. The molecular weight excluding hydrogens is 420 g/mol. The molecule has 0 saturated heterocycles. The average molecular weight is 451 g/mol. The molecule has 0 aliphatic heterocycles. The quantitative estimate of drug-likeness (QED) is 0.544. The summed E-state index contributed by atoms with van der Waals surface area (Å²) in [6, 6.07) is 11.5. The van der Waals surface area contributed by atoms with E-state index in [0.717, 1.165) is 12.0 Å². The lowest BCUT2D eigenvalue weighted by Gasteiger charge is -2.29. The summed E-state index contributed by atoms with van der Waals surface area (Å²) < 4.78 is 38.7. The average Bonchev–Trinajstić information content (AvgIpc) is 2.77. The summed E-state index contributed by atoms with van der Waals surface area (Å²) >= 11 is 0. The summed E-state index contributed by atoms with van der Waals surface area (Å²) in [5, 5.41) is 2.90. The van der Waals surface area contributed by atoms with Crippen LogP contribution in [0, 0.1) is 0 Å². The van der Waals surface area contributed by atoms with E-state index in [4.69, 9.17) is 13.7 Å². The van der Waals surface area contributed by atoms with Crippen molar-refractivity contribution in [2.45, 2.75) is 39.8 Å². The van der Waals surface area contributed by atoms with Crippen LogP contribution in [-0.2, 0) is 16.7 Å². The van der Waals surface area contributed by atoms with Crippen LogP contribution in [0.4, 0.5) is 10.5 Å². The fourth-order valence-electron chi connectivity index (χ4n) is 2.78. The van der Waals surface area contributed by atoms with E-state index in [2.05, 4.69) is 5.32 Å². The molecule has 2 aromatic carbocycles. The summed E-state index contributed by atoms with van der Waals surface area (Å²) in [6.07, 6.45) is 0.769. The number of benzene rings is 2. The molecule has 0 fully saturated rings. The monoisotopic (exact) mass is 450 g/mol. The molecule has 2 rings (SSSR count). The van der Waals surface area contributed by atoms with Gasteiger partial charge < -0.3 is 23.9 Å². The Morgan fingerprint density at radius 3 is 2.06 bits per heavy atom. The van der Waals surface area contributed by atoms with Gasteiger partial charge in [0.05, 0.1) is 20.0 Å². The lowest BCUT2D eigenvalue weighted by molar-refractivity contribution is 0.187. The van der Waals surface area contributed by atoms with Gasteiger partial charge in [-0.2, -0.15) is 8.42 Å². The molecule has 0 radical (unpaired) electrons. The molecule has 2 amide bonds. The van der Waals surface area contributed by atoms with E-state index in [-0.39, 0.29) is 23.6 Å². The minimum absolute atomic E-state index is 0.0242. The predicted octanol–water partition coefficient (Wildman–Crippen LogP) is 4.26. The predicted molar refractivity (Wildman–Crippen MR) is 120 cm³/mol. The highest BCUT2D eigenvalue weighted by molar-refractivity contribution is 7.87. The minimum Gasteiger partial charge on any atom is -0.497 e. The van der Waals surface area contributed by atoms with Gasteiger partial charge in [0.15, 0.2) is 0 Å². The molecule has 0 bridgehead atoms. The van der Waals surface area contributed by atoms with Crippen LogP contribution in [0.1, 0.15) is 32.8 Å². The number of carbonyl (C=O) groups is 1. The lowest BCUT2D eigenvalue weighted by Crippen LogP contribution is -2.40. The minimum atomic E-state index is -3.58. The van der Waals surface area contributed by atoms with Crippen molar-refractivity contribution in [3.8, 4) is 17.2 Å². The van der Waals surface area contributed by atoms with Gasteiger partial charge in [-0.1, -0.05) is 19.1 Å². The second-order valence-corrected chi connectivity index (χ2v) is 8.85. The molecule has 1 unspecified atom stereocenters. The molecule has 0 aliphatic rings. The fourth-order valence-corrected chi connectivity index (χ4v) is 3.30. The Balaban J connectivity index is 2.17. The Hall–Kier alpha value is -2.94. The Morgan fingerprint density at radius 1 is 1.00 bits per heavy atom. The summed E-state index contributed by atoms with van der Waals surface area (Å²) in [7, 11) is -0.487. The Labute approximate surface area is 184 Å². The lowest BCUT2D eigenvalue weighted by atomic mass is 10.1. The van der Waals surface area contributed by atoms with Crippen LogP contribution in [0.5, 0.6) is 17.2 Å². The van der Waals surface area contributed by atoms with E-state index in [1.807, 2.05) is 13.8 Å². The molecular formula is C22H30N2O6S. The highest BCUT2D eigenvalue weighted by atomic mass is 32.2. The van der Waals surface area contributed by atoms with E-state index < -0.39 is 10.1 Å². The van der Waals surface area contributed by atoms with Crippen molar-refractivity contribution >= 4 is 21.8 Å². The van der Waals surface area contributed by atoms with Crippen molar-refractivity contribution in [3.05, 3.63) is 48.0 Å². The van der Waals surface area contributed by atoms with E-state index in [1.54, 1.807) is 61.6 Å². The van der Waals surface area contributed by atoms with Crippen LogP contribution in [0.2, 0.25) is 0 Å². The van der Waals surface area contributed by atoms with Crippen LogP contribution >= 0.6 is 0 Å². The van der Waals surface area contributed by atoms with Gasteiger partial charge in [0.1, 0.15) is 17.2 Å². The molecule has 9 heteroatoms. The molecule has 0 aromatic heterocycles. The number of nitrogens with one attached hydrogen (secondary N) is 1. The first kappa shape index (κ1) is 24.3. The number of carbonyl (C=O) groups excluding carboxylic acids is 1. The van der Waals surface area contributed by atoms with Gasteiger partial charge in [-0.3, -0.25) is 0 Å². The maximum Gasteiger partial charge on any atom is 0.322 e. The van der Waals surface area contributed by atoms with Gasteiger partial charge in [0.2, 0.25) is 0 Å². The Kier molecular flexibility index (Phi) is 8.56. The van der Waals surface area contributed by atoms with Crippen molar-refractivity contribution in [2.75, 3.05) is 25.3 Å². The summed E-state index contributed by atoms with van der Waals surface area (Å²) in [4.78, 5) is 14.8. The fraction of sp³-hybridized carbons (Fsp3) is 0.409. The van der Waals surface area contributed by atoms with Gasteiger partial charge >= 0.3 is 16.1 Å². The zero-order valence-corrected chi connectivity index (χ0v) is 19.4. The summed E-state index contributed by atoms with van der Waals surface area (Å²) in [5.41, 5.74) is 1.41. The number of rotatable bonds is 10. The zero-order chi connectivity index (χ0) is 23.0. The first-order valence-electron chi connectivity index (χ1n) is 10.0. The van der Waals surface area contributed by atoms with E-state index >= 15 is 0 Å². The first-order chi connectivity index (χ1) is 14.7. The topological polar surface area (TPSA) is 94.2 Å². The highest BCUT2D eigenvalue weighted by Gasteiger charge is 2.20. The standard InChI is InChI=1S/C22H30N2O6S/c1-6-16(3)24(15-17-8-10-19(11-9-17)30-31(26,27)7-2)22(25)23-18-12-20(28-4)14-21(13-18)29-5/h8-14,16H,6-7,15H2,1-5H3,(H,23,25). The number of amides is 2. The maximum absolute atomic E-state index is 13.0. The number of nitrogens with zero attached hydrogens (tertiary/aromatic N) is 1. The third kappa shape index (κ3) is 7.06. The van der Waals surface area contributed by atoms with Gasteiger partial charge in [0, 0.05) is 36.5 Å². The molecule has 0 saturated carbocycles. The van der Waals surface area contributed by atoms with Gasteiger partial charge in [-0.25, -0.2) is 4.79 Å². The number of methoxy groups -OCH3 is 2. The number of ether oxygens (including phenoxy) is 2. The van der Waals surface area contributed by atoms with Gasteiger partial charge in [-0.05, 0) is 38.0 Å². The van der Waals surface area contributed by atoms with Crippen molar-refractivity contribution in [2.24, 2.45) is 0 Å². The Morgan fingerprint density at radius 2 is 1.58 bits per heavy atom. The number of urea groups is 1.